The zero-order valence-electron chi connectivity index (χ0n) is 12.9. The van der Waals surface area contributed by atoms with E-state index in [4.69, 9.17) is 4.74 Å². The van der Waals surface area contributed by atoms with Gasteiger partial charge in [0.05, 0.1) is 5.60 Å². The summed E-state index contributed by atoms with van der Waals surface area (Å²) < 4.78 is 19.1. The molecule has 0 bridgehead atoms. The molecule has 1 aromatic rings. The molecule has 2 atom stereocenters. The molecule has 3 aliphatic rings. The maximum Gasteiger partial charge on any atom is 0.123 e. The topological polar surface area (TPSA) is 21.3 Å². The smallest absolute Gasteiger partial charge is 0.123 e. The summed E-state index contributed by atoms with van der Waals surface area (Å²) in [6.07, 6.45) is 5.91. The van der Waals surface area contributed by atoms with Crippen molar-refractivity contribution in [3.05, 3.63) is 35.6 Å². The van der Waals surface area contributed by atoms with Crippen molar-refractivity contribution in [1.82, 2.24) is 5.32 Å². The molecule has 22 heavy (non-hydrogen) atoms. The predicted octanol–water partition coefficient (Wildman–Crippen LogP) is 3.72. The highest BCUT2D eigenvalue weighted by atomic mass is 32.2. The Morgan fingerprint density at radius 3 is 2.73 bits per heavy atom. The molecular weight excluding hydrogens is 297 g/mol. The second-order valence-corrected chi connectivity index (χ2v) is 8.21. The highest BCUT2D eigenvalue weighted by Crippen LogP contribution is 2.41. The molecule has 0 amide bonds. The number of halogens is 1. The molecule has 2 heterocycles. The third-order valence-corrected chi connectivity index (χ3v) is 6.73. The molecule has 4 heteroatoms. The summed E-state index contributed by atoms with van der Waals surface area (Å²) >= 11 is 2.04. The van der Waals surface area contributed by atoms with Gasteiger partial charge in [0.15, 0.2) is 0 Å². The van der Waals surface area contributed by atoms with Crippen LogP contribution in [0.3, 0.4) is 0 Å². The molecule has 1 aliphatic carbocycles. The Bertz CT molecular complexity index is 508. The predicted molar refractivity (Wildman–Crippen MR) is 88.9 cm³/mol. The van der Waals surface area contributed by atoms with E-state index in [-0.39, 0.29) is 11.4 Å². The number of nitrogens with one attached hydrogen (secondary N) is 1. The highest BCUT2D eigenvalue weighted by molar-refractivity contribution is 7.99. The highest BCUT2D eigenvalue weighted by Gasteiger charge is 2.41. The van der Waals surface area contributed by atoms with Gasteiger partial charge in [-0.1, -0.05) is 12.1 Å². The zero-order valence-corrected chi connectivity index (χ0v) is 13.7. The van der Waals surface area contributed by atoms with Gasteiger partial charge >= 0.3 is 0 Å². The maximum absolute atomic E-state index is 13.0. The maximum atomic E-state index is 13.0. The summed E-state index contributed by atoms with van der Waals surface area (Å²) in [4.78, 5) is 0. The number of benzene rings is 1. The third kappa shape index (κ3) is 3.06. The van der Waals surface area contributed by atoms with Crippen LogP contribution in [0.4, 0.5) is 4.39 Å². The Hall–Kier alpha value is -0.580. The standard InChI is InChI=1S/C18H24FNOS/c19-15-3-1-13(2-4-15)14-9-17(10-14)20-16-5-7-21-18(11-16)6-8-22-12-18/h1-4,14,16-17,20H,5-12H2. The Balaban J connectivity index is 1.28. The van der Waals surface area contributed by atoms with Gasteiger partial charge in [-0.25, -0.2) is 4.39 Å². The lowest BCUT2D eigenvalue weighted by Gasteiger charge is -2.43. The zero-order chi connectivity index (χ0) is 15.0. The minimum absolute atomic E-state index is 0.139. The fraction of sp³-hybridized carbons (Fsp3) is 0.667. The van der Waals surface area contributed by atoms with E-state index in [2.05, 4.69) is 5.32 Å². The normalized spacial score (nSPS) is 38.1. The summed E-state index contributed by atoms with van der Waals surface area (Å²) in [6, 6.07) is 8.28. The first kappa shape index (κ1) is 15.0. The fourth-order valence-corrected chi connectivity index (χ4v) is 5.51. The van der Waals surface area contributed by atoms with Crippen molar-refractivity contribution in [1.29, 1.82) is 0 Å². The lowest BCUT2D eigenvalue weighted by atomic mass is 9.75. The molecule has 1 N–H and O–H groups in total. The minimum atomic E-state index is -0.139. The van der Waals surface area contributed by atoms with Crippen LogP contribution in [-0.2, 0) is 4.74 Å². The summed E-state index contributed by atoms with van der Waals surface area (Å²) in [5, 5.41) is 3.85. The van der Waals surface area contributed by atoms with Crippen LogP contribution in [0.5, 0.6) is 0 Å². The first-order valence-corrected chi connectivity index (χ1v) is 9.61. The van der Waals surface area contributed by atoms with E-state index in [1.165, 1.54) is 42.8 Å². The Labute approximate surface area is 136 Å². The minimum Gasteiger partial charge on any atom is -0.374 e. The molecule has 1 aromatic carbocycles. The number of ether oxygens (including phenoxy) is 1. The average molecular weight is 321 g/mol. The Morgan fingerprint density at radius 1 is 1.18 bits per heavy atom. The number of rotatable bonds is 3. The monoisotopic (exact) mass is 321 g/mol. The van der Waals surface area contributed by atoms with Crippen molar-refractivity contribution in [3.63, 3.8) is 0 Å². The van der Waals surface area contributed by atoms with Crippen molar-refractivity contribution in [3.8, 4) is 0 Å². The van der Waals surface area contributed by atoms with Crippen molar-refractivity contribution in [2.75, 3.05) is 18.1 Å². The summed E-state index contributed by atoms with van der Waals surface area (Å²) in [5.74, 6) is 2.89. The summed E-state index contributed by atoms with van der Waals surface area (Å²) in [7, 11) is 0. The van der Waals surface area contributed by atoms with E-state index in [0.717, 1.165) is 13.0 Å². The van der Waals surface area contributed by atoms with Crippen molar-refractivity contribution in [2.24, 2.45) is 0 Å². The van der Waals surface area contributed by atoms with E-state index < -0.39 is 0 Å². The molecule has 4 rings (SSSR count). The van der Waals surface area contributed by atoms with E-state index in [1.54, 1.807) is 12.1 Å². The Morgan fingerprint density at radius 2 is 2.00 bits per heavy atom. The van der Waals surface area contributed by atoms with Crippen molar-refractivity contribution in [2.45, 2.75) is 55.7 Å². The van der Waals surface area contributed by atoms with Crippen molar-refractivity contribution < 1.29 is 9.13 Å². The van der Waals surface area contributed by atoms with Gasteiger partial charge in [0, 0.05) is 24.4 Å². The average Bonchev–Trinajstić information content (AvgIpc) is 2.92. The van der Waals surface area contributed by atoms with Gasteiger partial charge in [-0.3, -0.25) is 0 Å². The largest absolute Gasteiger partial charge is 0.374 e. The second kappa shape index (κ2) is 6.14. The molecule has 3 fully saturated rings. The number of hydrogen-bond donors (Lipinski definition) is 1. The van der Waals surface area contributed by atoms with E-state index in [0.29, 0.717) is 18.0 Å². The molecule has 0 radical (unpaired) electrons. The molecule has 120 valence electrons. The van der Waals surface area contributed by atoms with Crippen LogP contribution in [0.2, 0.25) is 0 Å². The number of thioether (sulfide) groups is 1. The number of hydrogen-bond acceptors (Lipinski definition) is 3. The van der Waals surface area contributed by atoms with Gasteiger partial charge in [-0.15, -0.1) is 0 Å². The lowest BCUT2D eigenvalue weighted by molar-refractivity contribution is -0.0726. The van der Waals surface area contributed by atoms with Gasteiger partial charge in [-0.2, -0.15) is 11.8 Å². The van der Waals surface area contributed by atoms with Crippen LogP contribution >= 0.6 is 11.8 Å². The second-order valence-electron chi connectivity index (χ2n) is 7.11. The molecule has 2 nitrogen and oxygen atoms in total. The molecule has 1 spiro atoms. The lowest BCUT2D eigenvalue weighted by Crippen LogP contribution is -2.52. The van der Waals surface area contributed by atoms with E-state index in [9.17, 15) is 4.39 Å². The molecular formula is C18H24FNOS. The first-order valence-electron chi connectivity index (χ1n) is 8.46. The fourth-order valence-electron chi connectivity index (χ4n) is 4.13. The summed E-state index contributed by atoms with van der Waals surface area (Å²) in [5.41, 5.74) is 1.45. The van der Waals surface area contributed by atoms with Gasteiger partial charge in [-0.05, 0) is 61.5 Å². The molecule has 0 aromatic heterocycles. The summed E-state index contributed by atoms with van der Waals surface area (Å²) in [6.45, 7) is 0.909. The molecule has 2 unspecified atom stereocenters. The van der Waals surface area contributed by atoms with Crippen LogP contribution in [0.25, 0.3) is 0 Å². The quantitative estimate of drug-likeness (QED) is 0.917. The van der Waals surface area contributed by atoms with Gasteiger partial charge in [0.1, 0.15) is 5.82 Å². The third-order valence-electron chi connectivity index (χ3n) is 5.51. The Kier molecular flexibility index (Phi) is 4.18. The molecule has 1 saturated carbocycles. The van der Waals surface area contributed by atoms with Crippen LogP contribution in [-0.4, -0.2) is 35.8 Å². The van der Waals surface area contributed by atoms with Gasteiger partial charge in [0.25, 0.3) is 0 Å². The van der Waals surface area contributed by atoms with Crippen LogP contribution in [0.1, 0.15) is 43.6 Å². The van der Waals surface area contributed by atoms with Crippen LogP contribution in [0.15, 0.2) is 24.3 Å². The van der Waals surface area contributed by atoms with Gasteiger partial charge < -0.3 is 10.1 Å². The molecule has 2 aliphatic heterocycles. The SMILES string of the molecule is Fc1ccc(C2CC(NC3CCOC4(CCSC4)C3)C2)cc1. The van der Waals surface area contributed by atoms with Crippen LogP contribution < -0.4 is 5.32 Å². The van der Waals surface area contributed by atoms with E-state index >= 15 is 0 Å². The van der Waals surface area contributed by atoms with Crippen molar-refractivity contribution >= 4 is 11.8 Å². The van der Waals surface area contributed by atoms with Crippen LogP contribution in [0, 0.1) is 5.82 Å². The molecule has 2 saturated heterocycles. The first-order chi connectivity index (χ1) is 10.7. The van der Waals surface area contributed by atoms with Gasteiger partial charge in [0.2, 0.25) is 0 Å². The van der Waals surface area contributed by atoms with E-state index in [1.807, 2.05) is 23.9 Å².